The van der Waals surface area contributed by atoms with E-state index in [-0.39, 0.29) is 16.9 Å². The van der Waals surface area contributed by atoms with E-state index in [1.165, 1.54) is 7.11 Å². The standard InChI is InChI=1S/C19H25NO4S/c1-19(2,3)15-8-10-17(11-9-15)25(22,23)20-13-18(21)14-6-5-7-16(12-14)24-4/h5-12,18,20-21H,13H2,1-4H3. The van der Waals surface area contributed by atoms with Crippen LogP contribution < -0.4 is 9.46 Å². The summed E-state index contributed by atoms with van der Waals surface area (Å²) in [4.78, 5) is 0.179. The second kappa shape index (κ2) is 7.56. The Kier molecular flexibility index (Phi) is 5.87. The van der Waals surface area contributed by atoms with Gasteiger partial charge in [-0.25, -0.2) is 13.1 Å². The summed E-state index contributed by atoms with van der Waals surface area (Å²) in [6.07, 6.45) is -0.960. The van der Waals surface area contributed by atoms with Crippen LogP contribution in [0.4, 0.5) is 0 Å². The third-order valence-corrected chi connectivity index (χ3v) is 5.42. The zero-order valence-electron chi connectivity index (χ0n) is 15.0. The minimum atomic E-state index is -3.68. The van der Waals surface area contributed by atoms with Crippen molar-refractivity contribution in [1.82, 2.24) is 4.72 Å². The normalized spacial score (nSPS) is 13.5. The summed E-state index contributed by atoms with van der Waals surface area (Å²) in [5.41, 5.74) is 1.60. The lowest BCUT2D eigenvalue weighted by Gasteiger charge is -2.19. The van der Waals surface area contributed by atoms with E-state index in [0.717, 1.165) is 5.56 Å². The summed E-state index contributed by atoms with van der Waals surface area (Å²) >= 11 is 0. The van der Waals surface area contributed by atoms with Gasteiger partial charge in [-0.1, -0.05) is 45.0 Å². The van der Waals surface area contributed by atoms with Gasteiger partial charge >= 0.3 is 0 Å². The van der Waals surface area contributed by atoms with E-state index in [1.807, 2.05) is 12.1 Å². The van der Waals surface area contributed by atoms with Gasteiger partial charge < -0.3 is 9.84 Å². The lowest BCUT2D eigenvalue weighted by molar-refractivity contribution is 0.181. The highest BCUT2D eigenvalue weighted by Gasteiger charge is 2.19. The van der Waals surface area contributed by atoms with Gasteiger partial charge in [-0.05, 0) is 40.8 Å². The molecular weight excluding hydrogens is 338 g/mol. The molecule has 0 fully saturated rings. The average Bonchev–Trinajstić information content (AvgIpc) is 2.59. The molecular formula is C19H25NO4S. The van der Waals surface area contributed by atoms with Crippen LogP contribution in [0.25, 0.3) is 0 Å². The predicted molar refractivity (Wildman–Crippen MR) is 98.3 cm³/mol. The molecule has 2 N–H and O–H groups in total. The first-order chi connectivity index (χ1) is 11.6. The zero-order chi connectivity index (χ0) is 18.7. The van der Waals surface area contributed by atoms with E-state index < -0.39 is 16.1 Å². The molecule has 2 aromatic rings. The molecule has 25 heavy (non-hydrogen) atoms. The van der Waals surface area contributed by atoms with Crippen LogP contribution in [0.3, 0.4) is 0 Å². The topological polar surface area (TPSA) is 75.6 Å². The molecule has 0 radical (unpaired) electrons. The third kappa shape index (κ3) is 5.04. The molecule has 0 aromatic heterocycles. The number of methoxy groups -OCH3 is 1. The molecule has 0 saturated carbocycles. The Labute approximate surface area is 149 Å². The molecule has 1 unspecified atom stereocenters. The average molecular weight is 363 g/mol. The van der Waals surface area contributed by atoms with Gasteiger partial charge in [0, 0.05) is 6.54 Å². The van der Waals surface area contributed by atoms with Crippen molar-refractivity contribution in [2.75, 3.05) is 13.7 Å². The molecule has 0 aliphatic carbocycles. The lowest BCUT2D eigenvalue weighted by atomic mass is 9.87. The van der Waals surface area contributed by atoms with Crippen molar-refractivity contribution in [3.8, 4) is 5.75 Å². The van der Waals surface area contributed by atoms with Gasteiger partial charge in [0.15, 0.2) is 0 Å². The monoisotopic (exact) mass is 363 g/mol. The van der Waals surface area contributed by atoms with Gasteiger partial charge in [-0.2, -0.15) is 0 Å². The zero-order valence-corrected chi connectivity index (χ0v) is 15.8. The lowest BCUT2D eigenvalue weighted by Crippen LogP contribution is -2.28. The first-order valence-electron chi connectivity index (χ1n) is 8.06. The third-order valence-electron chi connectivity index (χ3n) is 3.98. The second-order valence-corrected chi connectivity index (χ2v) is 8.69. The number of hydrogen-bond donors (Lipinski definition) is 2. The first-order valence-corrected chi connectivity index (χ1v) is 9.54. The van der Waals surface area contributed by atoms with E-state index in [4.69, 9.17) is 4.74 Å². The van der Waals surface area contributed by atoms with Crippen molar-refractivity contribution in [3.05, 3.63) is 59.7 Å². The van der Waals surface area contributed by atoms with E-state index in [1.54, 1.807) is 36.4 Å². The number of nitrogens with one attached hydrogen (secondary N) is 1. The van der Waals surface area contributed by atoms with Crippen molar-refractivity contribution in [2.45, 2.75) is 37.2 Å². The summed E-state index contributed by atoms with van der Waals surface area (Å²) in [5.74, 6) is 0.608. The molecule has 6 heteroatoms. The van der Waals surface area contributed by atoms with Crippen molar-refractivity contribution >= 4 is 10.0 Å². The quantitative estimate of drug-likeness (QED) is 0.827. The van der Waals surface area contributed by atoms with Crippen molar-refractivity contribution in [2.24, 2.45) is 0 Å². The molecule has 0 amide bonds. The Morgan fingerprint density at radius 3 is 2.32 bits per heavy atom. The Morgan fingerprint density at radius 1 is 1.12 bits per heavy atom. The maximum Gasteiger partial charge on any atom is 0.240 e. The highest BCUT2D eigenvalue weighted by molar-refractivity contribution is 7.89. The van der Waals surface area contributed by atoms with E-state index in [0.29, 0.717) is 11.3 Å². The maximum absolute atomic E-state index is 12.4. The number of rotatable bonds is 6. The summed E-state index contributed by atoms with van der Waals surface area (Å²) in [5, 5.41) is 10.2. The number of benzene rings is 2. The maximum atomic E-state index is 12.4. The van der Waals surface area contributed by atoms with Crippen LogP contribution in [0.15, 0.2) is 53.4 Å². The van der Waals surface area contributed by atoms with Crippen LogP contribution in [-0.2, 0) is 15.4 Å². The molecule has 5 nitrogen and oxygen atoms in total. The molecule has 0 saturated heterocycles. The molecule has 2 aromatic carbocycles. The molecule has 0 aliphatic rings. The SMILES string of the molecule is COc1cccc(C(O)CNS(=O)(=O)c2ccc(C(C)(C)C)cc2)c1. The van der Waals surface area contributed by atoms with E-state index in [2.05, 4.69) is 25.5 Å². The Bertz CT molecular complexity index is 808. The van der Waals surface area contributed by atoms with Gasteiger partial charge in [0.25, 0.3) is 0 Å². The molecule has 0 bridgehead atoms. The van der Waals surface area contributed by atoms with Crippen LogP contribution in [0, 0.1) is 0 Å². The van der Waals surface area contributed by atoms with Gasteiger partial charge in [-0.15, -0.1) is 0 Å². The highest BCUT2D eigenvalue weighted by Crippen LogP contribution is 2.24. The Hall–Kier alpha value is -1.89. The fourth-order valence-electron chi connectivity index (χ4n) is 2.37. The largest absolute Gasteiger partial charge is 0.497 e. The smallest absolute Gasteiger partial charge is 0.240 e. The number of hydrogen-bond acceptors (Lipinski definition) is 4. The second-order valence-electron chi connectivity index (χ2n) is 6.92. The Balaban J connectivity index is 2.08. The predicted octanol–water partition coefficient (Wildman–Crippen LogP) is 3.00. The van der Waals surface area contributed by atoms with Crippen LogP contribution >= 0.6 is 0 Å². The summed E-state index contributed by atoms with van der Waals surface area (Å²) in [6, 6.07) is 13.7. The summed E-state index contributed by atoms with van der Waals surface area (Å²) < 4.78 is 32.4. The van der Waals surface area contributed by atoms with Gasteiger partial charge in [0.1, 0.15) is 5.75 Å². The number of aliphatic hydroxyl groups is 1. The van der Waals surface area contributed by atoms with Gasteiger partial charge in [0.05, 0.1) is 18.1 Å². The van der Waals surface area contributed by atoms with Gasteiger partial charge in [0.2, 0.25) is 10.0 Å². The van der Waals surface area contributed by atoms with Crippen molar-refractivity contribution in [3.63, 3.8) is 0 Å². The summed E-state index contributed by atoms with van der Waals surface area (Å²) in [6.45, 7) is 6.09. The molecule has 0 aliphatic heterocycles. The van der Waals surface area contributed by atoms with Crippen molar-refractivity contribution in [1.29, 1.82) is 0 Å². The van der Waals surface area contributed by atoms with E-state index >= 15 is 0 Å². The molecule has 2 rings (SSSR count). The number of ether oxygens (including phenoxy) is 1. The fraction of sp³-hybridized carbons (Fsp3) is 0.368. The number of aliphatic hydroxyl groups excluding tert-OH is 1. The first kappa shape index (κ1) is 19.4. The molecule has 1 atom stereocenters. The van der Waals surface area contributed by atoms with Crippen LogP contribution in [-0.4, -0.2) is 27.2 Å². The minimum Gasteiger partial charge on any atom is -0.497 e. The molecule has 0 spiro atoms. The number of sulfonamides is 1. The van der Waals surface area contributed by atoms with E-state index in [9.17, 15) is 13.5 Å². The van der Waals surface area contributed by atoms with Gasteiger partial charge in [-0.3, -0.25) is 0 Å². The van der Waals surface area contributed by atoms with Crippen LogP contribution in [0.2, 0.25) is 0 Å². The highest BCUT2D eigenvalue weighted by atomic mass is 32.2. The minimum absolute atomic E-state index is 0.0434. The van der Waals surface area contributed by atoms with Crippen LogP contribution in [0.1, 0.15) is 38.0 Å². The Morgan fingerprint density at radius 2 is 1.76 bits per heavy atom. The fourth-order valence-corrected chi connectivity index (χ4v) is 3.41. The van der Waals surface area contributed by atoms with Crippen molar-refractivity contribution < 1.29 is 18.3 Å². The molecule has 136 valence electrons. The summed E-state index contributed by atoms with van der Waals surface area (Å²) in [7, 11) is -2.15. The molecule has 0 heterocycles. The van der Waals surface area contributed by atoms with Crippen LogP contribution in [0.5, 0.6) is 5.75 Å².